The Balaban J connectivity index is 5.10. The highest BCUT2D eigenvalue weighted by molar-refractivity contribution is 7.52. The Bertz CT molecular complexity index is 397. The van der Waals surface area contributed by atoms with Crippen LogP contribution in [0.2, 0.25) is 0 Å². The molecule has 0 aromatic heterocycles. The summed E-state index contributed by atoms with van der Waals surface area (Å²) in [6.07, 6.45) is -8.21. The van der Waals surface area contributed by atoms with E-state index in [-0.39, 0.29) is 0 Å². The van der Waals surface area contributed by atoms with E-state index < -0.39 is 44.6 Å². The average molecular weight is 304 g/mol. The second kappa shape index (κ2) is 6.78. The Morgan fingerprint density at radius 2 is 1.42 bits per heavy atom. The molecule has 0 heterocycles. The summed E-state index contributed by atoms with van der Waals surface area (Å²) in [5.74, 6) is -2.56. The molecule has 0 spiro atoms. The molecule has 0 aliphatic rings. The van der Waals surface area contributed by atoms with Crippen molar-refractivity contribution in [3.63, 3.8) is 0 Å². The molecule has 5 N–H and O–H groups in total. The lowest BCUT2D eigenvalue weighted by atomic mass is 10.4. The summed E-state index contributed by atoms with van der Waals surface area (Å²) in [6, 6.07) is 0. The van der Waals surface area contributed by atoms with Crippen molar-refractivity contribution in [1.82, 2.24) is 0 Å². The van der Waals surface area contributed by atoms with Crippen LogP contribution in [0.15, 0.2) is 0 Å². The molecule has 110 valence electrons. The minimum Gasteiger partial charge on any atom is -0.450 e. The molecule has 13 heteroatoms. The largest absolute Gasteiger partial charge is 0.506 e. The standard InChI is InChI=1S/C6H9O12P/c7-4(8)16-1-2(17-5(9)10)3(18-6(11)12)19(13,14)15/h2-3H,1H2,(H,7,8)(H,9,10)(H,11,12)(H2,13,14,15). The van der Waals surface area contributed by atoms with Gasteiger partial charge in [-0.05, 0) is 0 Å². The van der Waals surface area contributed by atoms with Crippen LogP contribution in [0, 0.1) is 0 Å². The Morgan fingerprint density at radius 3 is 1.74 bits per heavy atom. The van der Waals surface area contributed by atoms with E-state index in [1.165, 1.54) is 0 Å². The lowest BCUT2D eigenvalue weighted by Crippen LogP contribution is -2.38. The number of hydrogen-bond acceptors (Lipinski definition) is 7. The molecule has 0 saturated heterocycles. The van der Waals surface area contributed by atoms with E-state index in [2.05, 4.69) is 14.2 Å². The van der Waals surface area contributed by atoms with Gasteiger partial charge < -0.3 is 39.3 Å². The van der Waals surface area contributed by atoms with Crippen molar-refractivity contribution in [2.24, 2.45) is 0 Å². The van der Waals surface area contributed by atoms with Crippen LogP contribution in [0.5, 0.6) is 0 Å². The minimum absolute atomic E-state index is 1.16. The maximum atomic E-state index is 11.0. The van der Waals surface area contributed by atoms with E-state index in [4.69, 9.17) is 25.1 Å². The first-order chi connectivity index (χ1) is 8.54. The molecular weight excluding hydrogens is 295 g/mol. The molecule has 0 bridgehead atoms. The molecule has 2 unspecified atom stereocenters. The van der Waals surface area contributed by atoms with E-state index in [0.29, 0.717) is 0 Å². The van der Waals surface area contributed by atoms with E-state index in [0.717, 1.165) is 0 Å². The average Bonchev–Trinajstić information content (AvgIpc) is 2.18. The van der Waals surface area contributed by atoms with Crippen LogP contribution in [0.3, 0.4) is 0 Å². The predicted molar refractivity (Wildman–Crippen MR) is 51.8 cm³/mol. The fourth-order valence-corrected chi connectivity index (χ4v) is 1.73. The second-order valence-corrected chi connectivity index (χ2v) is 4.55. The highest BCUT2D eigenvalue weighted by Crippen LogP contribution is 2.44. The summed E-state index contributed by atoms with van der Waals surface area (Å²) in [6.45, 7) is -1.16. The van der Waals surface area contributed by atoms with Gasteiger partial charge in [0.2, 0.25) is 5.85 Å². The maximum Gasteiger partial charge on any atom is 0.506 e. The molecule has 0 saturated carbocycles. The van der Waals surface area contributed by atoms with E-state index in [1.807, 2.05) is 0 Å². The monoisotopic (exact) mass is 304 g/mol. The normalized spacial score (nSPS) is 14.0. The first-order valence-corrected chi connectivity index (χ1v) is 5.92. The Kier molecular flexibility index (Phi) is 6.05. The van der Waals surface area contributed by atoms with Crippen LogP contribution >= 0.6 is 7.60 Å². The summed E-state index contributed by atoms with van der Waals surface area (Å²) in [7, 11) is -5.27. The lowest BCUT2D eigenvalue weighted by molar-refractivity contribution is -0.0466. The Hall–Kier alpha value is -2.04. The molecule has 12 nitrogen and oxygen atoms in total. The van der Waals surface area contributed by atoms with Gasteiger partial charge in [-0.2, -0.15) is 0 Å². The number of ether oxygens (including phenoxy) is 3. The van der Waals surface area contributed by atoms with Crippen molar-refractivity contribution in [3.05, 3.63) is 0 Å². The molecule has 0 fully saturated rings. The van der Waals surface area contributed by atoms with Crippen molar-refractivity contribution in [3.8, 4) is 0 Å². The zero-order chi connectivity index (χ0) is 15.2. The van der Waals surface area contributed by atoms with Gasteiger partial charge in [0, 0.05) is 0 Å². The summed E-state index contributed by atoms with van der Waals surface area (Å²) in [4.78, 5) is 48.3. The van der Waals surface area contributed by atoms with Crippen molar-refractivity contribution in [2.75, 3.05) is 6.61 Å². The third kappa shape index (κ3) is 7.08. The van der Waals surface area contributed by atoms with Gasteiger partial charge in [0.05, 0.1) is 0 Å². The number of carbonyl (C=O) groups is 3. The van der Waals surface area contributed by atoms with Crippen LogP contribution in [-0.4, -0.2) is 62.1 Å². The zero-order valence-corrected chi connectivity index (χ0v) is 9.80. The lowest BCUT2D eigenvalue weighted by Gasteiger charge is -2.24. The van der Waals surface area contributed by atoms with Gasteiger partial charge in [0.25, 0.3) is 0 Å². The highest BCUT2D eigenvalue weighted by Gasteiger charge is 2.43. The van der Waals surface area contributed by atoms with Crippen LogP contribution in [0.1, 0.15) is 0 Å². The molecule has 2 atom stereocenters. The zero-order valence-electron chi connectivity index (χ0n) is 8.90. The molecule has 0 aliphatic carbocycles. The van der Waals surface area contributed by atoms with Gasteiger partial charge in [-0.1, -0.05) is 0 Å². The van der Waals surface area contributed by atoms with Crippen molar-refractivity contribution in [2.45, 2.75) is 11.9 Å². The smallest absolute Gasteiger partial charge is 0.450 e. The number of carboxylic acid groups (broad SMARTS) is 3. The van der Waals surface area contributed by atoms with Gasteiger partial charge >= 0.3 is 26.1 Å². The fourth-order valence-electron chi connectivity index (χ4n) is 0.922. The van der Waals surface area contributed by atoms with E-state index >= 15 is 0 Å². The van der Waals surface area contributed by atoms with Gasteiger partial charge in [0.15, 0.2) is 6.10 Å². The summed E-state index contributed by atoms with van der Waals surface area (Å²) < 4.78 is 22.6. The molecule has 0 rings (SSSR count). The third-order valence-electron chi connectivity index (χ3n) is 1.49. The SMILES string of the molecule is O=C(O)OCC(OC(=O)O)C(OC(=O)O)P(=O)(O)O. The highest BCUT2D eigenvalue weighted by atomic mass is 31.2. The molecule has 0 amide bonds. The maximum absolute atomic E-state index is 11.0. The molecule has 0 radical (unpaired) electrons. The van der Waals surface area contributed by atoms with Crippen LogP contribution in [0.25, 0.3) is 0 Å². The third-order valence-corrected chi connectivity index (χ3v) is 2.60. The van der Waals surface area contributed by atoms with Crippen LogP contribution < -0.4 is 0 Å². The van der Waals surface area contributed by atoms with Gasteiger partial charge in [-0.25, -0.2) is 14.4 Å². The number of hydrogen-bond donors (Lipinski definition) is 5. The van der Waals surface area contributed by atoms with E-state index in [1.54, 1.807) is 0 Å². The first-order valence-electron chi connectivity index (χ1n) is 4.24. The molecule has 0 aromatic carbocycles. The Labute approximate surface area is 104 Å². The van der Waals surface area contributed by atoms with Crippen LogP contribution in [-0.2, 0) is 18.8 Å². The van der Waals surface area contributed by atoms with Crippen molar-refractivity contribution >= 4 is 26.1 Å². The molecule has 0 aliphatic heterocycles. The predicted octanol–water partition coefficient (Wildman–Crippen LogP) is -0.0574. The summed E-state index contributed by atoms with van der Waals surface area (Å²) >= 11 is 0. The van der Waals surface area contributed by atoms with Gasteiger partial charge in [0.1, 0.15) is 6.61 Å². The second-order valence-electron chi connectivity index (χ2n) is 2.86. The molecule has 0 aromatic rings. The quantitative estimate of drug-likeness (QED) is 0.249. The number of rotatable bonds is 6. The van der Waals surface area contributed by atoms with Crippen molar-refractivity contribution < 1.29 is 58.3 Å². The fraction of sp³-hybridized carbons (Fsp3) is 0.500. The Morgan fingerprint density at radius 1 is 0.947 bits per heavy atom. The molecular formula is C6H9O12P. The summed E-state index contributed by atoms with van der Waals surface area (Å²) in [5.41, 5.74) is 0. The topological polar surface area (TPSA) is 197 Å². The van der Waals surface area contributed by atoms with Gasteiger partial charge in [-0.3, -0.25) is 4.57 Å². The van der Waals surface area contributed by atoms with E-state index in [9.17, 15) is 18.9 Å². The van der Waals surface area contributed by atoms with Gasteiger partial charge in [-0.15, -0.1) is 0 Å². The summed E-state index contributed by atoms with van der Waals surface area (Å²) in [5, 5.41) is 24.8. The van der Waals surface area contributed by atoms with Crippen LogP contribution in [0.4, 0.5) is 14.4 Å². The van der Waals surface area contributed by atoms with Crippen molar-refractivity contribution in [1.29, 1.82) is 0 Å². The minimum atomic E-state index is -5.27. The first kappa shape index (κ1) is 17.0. The molecule has 19 heavy (non-hydrogen) atoms.